The van der Waals surface area contributed by atoms with Crippen molar-refractivity contribution in [1.29, 1.82) is 0 Å². The molecule has 0 aliphatic carbocycles. The highest BCUT2D eigenvalue weighted by atomic mass is 16.3. The van der Waals surface area contributed by atoms with Crippen LogP contribution >= 0.6 is 0 Å². The first-order chi connectivity index (χ1) is 8.56. The fourth-order valence-electron chi connectivity index (χ4n) is 1.52. The van der Waals surface area contributed by atoms with Crippen molar-refractivity contribution in [1.82, 2.24) is 4.98 Å². The average molecular weight is 243 g/mol. The minimum absolute atomic E-state index is 0.0548. The number of benzene rings is 1. The Hall–Kier alpha value is -2.56. The molecule has 0 unspecified atom stereocenters. The molecule has 1 aromatic carbocycles. The number of phenolic OH excluding ortho intramolecular Hbond substituents is 1. The Labute approximate surface area is 104 Å². The van der Waals surface area contributed by atoms with Gasteiger partial charge in [0.1, 0.15) is 11.4 Å². The molecule has 0 aliphatic heterocycles. The SMILES string of the molecule is Cc1cccc(C(=O)Nc2ccc(O)cc2N)n1. The van der Waals surface area contributed by atoms with Crippen LogP contribution in [-0.4, -0.2) is 16.0 Å². The second kappa shape index (κ2) is 4.75. The van der Waals surface area contributed by atoms with Crippen molar-refractivity contribution in [3.05, 3.63) is 47.8 Å². The fraction of sp³-hybridized carbons (Fsp3) is 0.0769. The molecule has 0 fully saturated rings. The second-order valence-corrected chi connectivity index (χ2v) is 3.89. The molecule has 2 aromatic rings. The number of pyridine rings is 1. The van der Waals surface area contributed by atoms with E-state index in [1.54, 1.807) is 18.2 Å². The van der Waals surface area contributed by atoms with Gasteiger partial charge in [0.15, 0.2) is 0 Å². The van der Waals surface area contributed by atoms with Crippen molar-refractivity contribution < 1.29 is 9.90 Å². The van der Waals surface area contributed by atoms with Gasteiger partial charge in [-0.25, -0.2) is 4.98 Å². The van der Waals surface area contributed by atoms with Gasteiger partial charge in [0.05, 0.1) is 11.4 Å². The number of carbonyl (C=O) groups excluding carboxylic acids is 1. The van der Waals surface area contributed by atoms with E-state index in [2.05, 4.69) is 10.3 Å². The Morgan fingerprint density at radius 1 is 1.33 bits per heavy atom. The molecule has 0 radical (unpaired) electrons. The maximum atomic E-state index is 11.9. The summed E-state index contributed by atoms with van der Waals surface area (Å²) in [5.74, 6) is -0.282. The van der Waals surface area contributed by atoms with Gasteiger partial charge in [-0.3, -0.25) is 4.79 Å². The summed E-state index contributed by atoms with van der Waals surface area (Å²) in [6, 6.07) is 9.56. The number of anilines is 2. The lowest BCUT2D eigenvalue weighted by atomic mass is 10.2. The molecular formula is C13H13N3O2. The molecule has 0 saturated carbocycles. The van der Waals surface area contributed by atoms with E-state index in [0.29, 0.717) is 17.1 Å². The highest BCUT2D eigenvalue weighted by Gasteiger charge is 2.09. The van der Waals surface area contributed by atoms with Crippen molar-refractivity contribution in [2.45, 2.75) is 6.92 Å². The van der Waals surface area contributed by atoms with Crippen LogP contribution in [0.3, 0.4) is 0 Å². The van der Waals surface area contributed by atoms with Gasteiger partial charge in [-0.05, 0) is 31.2 Å². The number of phenols is 1. The number of carbonyl (C=O) groups is 1. The van der Waals surface area contributed by atoms with Crippen LogP contribution in [0.5, 0.6) is 5.75 Å². The molecule has 5 nitrogen and oxygen atoms in total. The van der Waals surface area contributed by atoms with Gasteiger partial charge in [-0.15, -0.1) is 0 Å². The van der Waals surface area contributed by atoms with Crippen LogP contribution in [-0.2, 0) is 0 Å². The third-order valence-electron chi connectivity index (χ3n) is 2.40. The summed E-state index contributed by atoms with van der Waals surface area (Å²) in [4.78, 5) is 16.0. The lowest BCUT2D eigenvalue weighted by Crippen LogP contribution is -2.15. The Morgan fingerprint density at radius 2 is 2.11 bits per heavy atom. The number of aromatic hydroxyl groups is 1. The average Bonchev–Trinajstić information content (AvgIpc) is 2.32. The predicted octanol–water partition coefficient (Wildman–Crippen LogP) is 1.93. The number of nitrogen functional groups attached to an aromatic ring is 1. The van der Waals surface area contributed by atoms with Crippen LogP contribution < -0.4 is 11.1 Å². The highest BCUT2D eigenvalue weighted by molar-refractivity contribution is 6.04. The highest BCUT2D eigenvalue weighted by Crippen LogP contribution is 2.23. The van der Waals surface area contributed by atoms with Crippen molar-refractivity contribution in [3.63, 3.8) is 0 Å². The quantitative estimate of drug-likeness (QED) is 0.555. The molecular weight excluding hydrogens is 230 g/mol. The van der Waals surface area contributed by atoms with E-state index in [9.17, 15) is 9.90 Å². The maximum absolute atomic E-state index is 11.9. The summed E-state index contributed by atoms with van der Waals surface area (Å²) >= 11 is 0. The van der Waals surface area contributed by atoms with Crippen LogP contribution in [0, 0.1) is 6.92 Å². The molecule has 1 amide bonds. The van der Waals surface area contributed by atoms with Crippen LogP contribution in [0.4, 0.5) is 11.4 Å². The molecule has 5 heteroatoms. The van der Waals surface area contributed by atoms with Crippen LogP contribution in [0.2, 0.25) is 0 Å². The largest absolute Gasteiger partial charge is 0.508 e. The molecule has 1 heterocycles. The van der Waals surface area contributed by atoms with E-state index in [-0.39, 0.29) is 11.7 Å². The van der Waals surface area contributed by atoms with Gasteiger partial charge in [-0.1, -0.05) is 6.07 Å². The van der Waals surface area contributed by atoms with Crippen LogP contribution in [0.15, 0.2) is 36.4 Å². The van der Waals surface area contributed by atoms with E-state index >= 15 is 0 Å². The van der Waals surface area contributed by atoms with E-state index in [4.69, 9.17) is 5.73 Å². The first kappa shape index (κ1) is 11.9. The number of hydrogen-bond acceptors (Lipinski definition) is 4. The number of aromatic nitrogens is 1. The third-order valence-corrected chi connectivity index (χ3v) is 2.40. The Morgan fingerprint density at radius 3 is 2.78 bits per heavy atom. The smallest absolute Gasteiger partial charge is 0.274 e. The zero-order valence-electron chi connectivity index (χ0n) is 9.84. The molecule has 92 valence electrons. The molecule has 0 aliphatic rings. The number of hydrogen-bond donors (Lipinski definition) is 3. The summed E-state index contributed by atoms with van der Waals surface area (Å²) < 4.78 is 0. The summed E-state index contributed by atoms with van der Waals surface area (Å²) in [7, 11) is 0. The topological polar surface area (TPSA) is 88.2 Å². The molecule has 4 N–H and O–H groups in total. The molecule has 0 atom stereocenters. The number of rotatable bonds is 2. The van der Waals surface area contributed by atoms with Gasteiger partial charge < -0.3 is 16.2 Å². The monoisotopic (exact) mass is 243 g/mol. The predicted molar refractivity (Wildman–Crippen MR) is 69.4 cm³/mol. The first-order valence-electron chi connectivity index (χ1n) is 5.40. The van der Waals surface area contributed by atoms with E-state index < -0.39 is 0 Å². The molecule has 2 rings (SSSR count). The molecule has 18 heavy (non-hydrogen) atoms. The number of amides is 1. The van der Waals surface area contributed by atoms with Gasteiger partial charge in [-0.2, -0.15) is 0 Å². The number of nitrogens with two attached hydrogens (primary N) is 1. The lowest BCUT2D eigenvalue weighted by Gasteiger charge is -2.08. The summed E-state index contributed by atoms with van der Waals surface area (Å²) in [6.45, 7) is 1.81. The van der Waals surface area contributed by atoms with Crippen LogP contribution in [0.1, 0.15) is 16.2 Å². The Kier molecular flexibility index (Phi) is 3.14. The van der Waals surface area contributed by atoms with Gasteiger partial charge in [0.2, 0.25) is 0 Å². The molecule has 0 spiro atoms. The van der Waals surface area contributed by atoms with E-state index in [1.165, 1.54) is 12.1 Å². The van der Waals surface area contributed by atoms with Gasteiger partial charge in [0.25, 0.3) is 5.91 Å². The van der Waals surface area contributed by atoms with Gasteiger partial charge >= 0.3 is 0 Å². The number of aryl methyl sites for hydroxylation is 1. The Bertz CT molecular complexity index is 597. The van der Waals surface area contributed by atoms with Gasteiger partial charge in [0, 0.05) is 11.8 Å². The van der Waals surface area contributed by atoms with Crippen molar-refractivity contribution in [3.8, 4) is 5.75 Å². The zero-order valence-corrected chi connectivity index (χ0v) is 9.84. The summed E-state index contributed by atoms with van der Waals surface area (Å²) in [5.41, 5.74) is 7.52. The fourth-order valence-corrected chi connectivity index (χ4v) is 1.52. The number of nitrogens with one attached hydrogen (secondary N) is 1. The molecule has 0 bridgehead atoms. The van der Waals surface area contributed by atoms with Crippen molar-refractivity contribution in [2.75, 3.05) is 11.1 Å². The standard InChI is InChI=1S/C13H13N3O2/c1-8-3-2-4-12(15-8)13(18)16-11-6-5-9(17)7-10(11)14/h2-7,17H,14H2,1H3,(H,16,18). The lowest BCUT2D eigenvalue weighted by molar-refractivity contribution is 0.102. The second-order valence-electron chi connectivity index (χ2n) is 3.89. The minimum atomic E-state index is -0.337. The van der Waals surface area contributed by atoms with Crippen molar-refractivity contribution in [2.24, 2.45) is 0 Å². The normalized spacial score (nSPS) is 10.1. The number of nitrogens with zero attached hydrogens (tertiary/aromatic N) is 1. The zero-order chi connectivity index (χ0) is 13.1. The summed E-state index contributed by atoms with van der Waals surface area (Å²) in [5, 5.41) is 11.9. The third kappa shape index (κ3) is 2.57. The van der Waals surface area contributed by atoms with Crippen molar-refractivity contribution >= 4 is 17.3 Å². The van der Waals surface area contributed by atoms with E-state index in [1.807, 2.05) is 13.0 Å². The minimum Gasteiger partial charge on any atom is -0.508 e. The Balaban J connectivity index is 2.21. The summed E-state index contributed by atoms with van der Waals surface area (Å²) in [6.07, 6.45) is 0. The van der Waals surface area contributed by atoms with E-state index in [0.717, 1.165) is 5.69 Å². The first-order valence-corrected chi connectivity index (χ1v) is 5.40. The molecule has 0 saturated heterocycles. The maximum Gasteiger partial charge on any atom is 0.274 e. The van der Waals surface area contributed by atoms with Crippen LogP contribution in [0.25, 0.3) is 0 Å². The molecule has 1 aromatic heterocycles.